The van der Waals surface area contributed by atoms with E-state index in [-0.39, 0.29) is 0 Å². The van der Waals surface area contributed by atoms with Gasteiger partial charge in [-0.1, -0.05) is 32.0 Å². The van der Waals surface area contributed by atoms with Crippen molar-refractivity contribution in [2.24, 2.45) is 0 Å². The van der Waals surface area contributed by atoms with Crippen molar-refractivity contribution in [2.45, 2.75) is 33.2 Å². The number of ether oxygens (including phenoxy) is 2. The van der Waals surface area contributed by atoms with Crippen LogP contribution in [0.15, 0.2) is 24.3 Å². The van der Waals surface area contributed by atoms with Crippen molar-refractivity contribution < 1.29 is 9.47 Å². The maximum Gasteiger partial charge on any atom is 0.123 e. The summed E-state index contributed by atoms with van der Waals surface area (Å²) >= 11 is 0. The van der Waals surface area contributed by atoms with Crippen LogP contribution in [-0.4, -0.2) is 26.4 Å². The van der Waals surface area contributed by atoms with Crippen LogP contribution in [0.3, 0.4) is 0 Å². The normalized spacial score (nSPS) is 10.6. The Bertz CT molecular complexity index is 315. The average molecular weight is 251 g/mol. The second kappa shape index (κ2) is 9.92. The topological polar surface area (TPSA) is 30.5 Å². The van der Waals surface area contributed by atoms with Gasteiger partial charge in [0.1, 0.15) is 12.4 Å². The third-order valence-electron chi connectivity index (χ3n) is 2.55. The predicted molar refractivity (Wildman–Crippen MR) is 75.0 cm³/mol. The van der Waals surface area contributed by atoms with E-state index >= 15 is 0 Å². The van der Waals surface area contributed by atoms with Gasteiger partial charge < -0.3 is 14.8 Å². The molecule has 0 fully saturated rings. The van der Waals surface area contributed by atoms with Crippen LogP contribution in [0.2, 0.25) is 0 Å². The minimum atomic E-state index is 0.616. The Morgan fingerprint density at radius 1 is 1.00 bits per heavy atom. The Balaban J connectivity index is 2.33. The highest BCUT2D eigenvalue weighted by atomic mass is 16.5. The summed E-state index contributed by atoms with van der Waals surface area (Å²) in [5.41, 5.74) is 1.21. The molecule has 1 N–H and O–H groups in total. The van der Waals surface area contributed by atoms with Gasteiger partial charge in [-0.15, -0.1) is 0 Å². The summed E-state index contributed by atoms with van der Waals surface area (Å²) in [6.07, 6.45) is 2.20. The molecule has 0 heterocycles. The van der Waals surface area contributed by atoms with E-state index in [1.54, 1.807) is 0 Å². The van der Waals surface area contributed by atoms with E-state index in [1.165, 1.54) is 5.56 Å². The monoisotopic (exact) mass is 251 g/mol. The van der Waals surface area contributed by atoms with Crippen LogP contribution in [0.25, 0.3) is 0 Å². The molecule has 0 aromatic heterocycles. The average Bonchev–Trinajstić information content (AvgIpc) is 2.40. The van der Waals surface area contributed by atoms with Gasteiger partial charge in [0.25, 0.3) is 0 Å². The van der Waals surface area contributed by atoms with Crippen LogP contribution in [0, 0.1) is 0 Å². The lowest BCUT2D eigenvalue weighted by atomic mass is 10.2. The first-order valence-corrected chi connectivity index (χ1v) is 6.87. The molecule has 0 aliphatic rings. The van der Waals surface area contributed by atoms with Crippen molar-refractivity contribution in [1.29, 1.82) is 0 Å². The summed E-state index contributed by atoms with van der Waals surface area (Å²) in [5.74, 6) is 0.959. The summed E-state index contributed by atoms with van der Waals surface area (Å²) in [4.78, 5) is 0. The summed E-state index contributed by atoms with van der Waals surface area (Å²) in [5, 5.41) is 3.39. The Morgan fingerprint density at radius 3 is 2.61 bits per heavy atom. The van der Waals surface area contributed by atoms with E-state index in [9.17, 15) is 0 Å². The van der Waals surface area contributed by atoms with Gasteiger partial charge in [-0.25, -0.2) is 0 Å². The highest BCUT2D eigenvalue weighted by Crippen LogP contribution is 2.17. The number of rotatable bonds is 10. The van der Waals surface area contributed by atoms with E-state index in [0.717, 1.165) is 38.3 Å². The van der Waals surface area contributed by atoms with Gasteiger partial charge in [0, 0.05) is 18.7 Å². The third-order valence-corrected chi connectivity index (χ3v) is 2.55. The predicted octanol–water partition coefficient (Wildman–Crippen LogP) is 2.99. The molecule has 0 saturated carbocycles. The molecule has 1 aromatic rings. The molecule has 0 spiro atoms. The maximum absolute atomic E-state index is 5.75. The molecule has 0 amide bonds. The molecule has 0 atom stereocenters. The minimum Gasteiger partial charge on any atom is -0.491 e. The zero-order valence-electron chi connectivity index (χ0n) is 11.6. The zero-order chi connectivity index (χ0) is 13.1. The lowest BCUT2D eigenvalue weighted by molar-refractivity contribution is 0.100. The maximum atomic E-state index is 5.75. The Kier molecular flexibility index (Phi) is 8.26. The lowest BCUT2D eigenvalue weighted by Gasteiger charge is -2.12. The SMILES string of the molecule is CCCNCc1ccccc1OCCOCCC. The first kappa shape index (κ1) is 15.0. The highest BCUT2D eigenvalue weighted by molar-refractivity contribution is 5.33. The molecular formula is C15H25NO2. The van der Waals surface area contributed by atoms with Gasteiger partial charge in [0.15, 0.2) is 0 Å². The highest BCUT2D eigenvalue weighted by Gasteiger charge is 2.01. The molecular weight excluding hydrogens is 226 g/mol. The molecule has 0 aliphatic heterocycles. The van der Waals surface area contributed by atoms with Crippen LogP contribution in [0.4, 0.5) is 0 Å². The summed E-state index contributed by atoms with van der Waals surface area (Å²) < 4.78 is 11.2. The Labute approximate surface area is 110 Å². The summed E-state index contributed by atoms with van der Waals surface area (Å²) in [6.45, 7) is 8.25. The standard InChI is InChI=1S/C15H25NO2/c1-3-9-16-13-14-7-5-6-8-15(14)18-12-11-17-10-4-2/h5-8,16H,3-4,9-13H2,1-2H3. The van der Waals surface area contributed by atoms with Gasteiger partial charge in [-0.3, -0.25) is 0 Å². The molecule has 0 saturated heterocycles. The van der Waals surface area contributed by atoms with Crippen molar-refractivity contribution in [3.05, 3.63) is 29.8 Å². The fourth-order valence-corrected chi connectivity index (χ4v) is 1.65. The first-order chi connectivity index (χ1) is 8.88. The van der Waals surface area contributed by atoms with Gasteiger partial charge in [-0.05, 0) is 25.5 Å². The Morgan fingerprint density at radius 2 is 1.83 bits per heavy atom. The number of nitrogens with one attached hydrogen (secondary N) is 1. The van der Waals surface area contributed by atoms with E-state index in [4.69, 9.17) is 9.47 Å². The summed E-state index contributed by atoms with van der Waals surface area (Å²) in [7, 11) is 0. The van der Waals surface area contributed by atoms with E-state index < -0.39 is 0 Å². The smallest absolute Gasteiger partial charge is 0.123 e. The van der Waals surface area contributed by atoms with E-state index in [2.05, 4.69) is 25.2 Å². The molecule has 0 unspecified atom stereocenters. The van der Waals surface area contributed by atoms with Crippen molar-refractivity contribution in [1.82, 2.24) is 5.32 Å². The minimum absolute atomic E-state index is 0.616. The molecule has 1 aromatic carbocycles. The molecule has 18 heavy (non-hydrogen) atoms. The molecule has 1 rings (SSSR count). The van der Waals surface area contributed by atoms with Crippen LogP contribution in [-0.2, 0) is 11.3 Å². The summed E-state index contributed by atoms with van der Waals surface area (Å²) in [6, 6.07) is 8.17. The number of hydrogen-bond donors (Lipinski definition) is 1. The third kappa shape index (κ3) is 6.03. The van der Waals surface area contributed by atoms with Gasteiger partial charge in [-0.2, -0.15) is 0 Å². The van der Waals surface area contributed by atoms with Crippen molar-refractivity contribution in [3.8, 4) is 5.75 Å². The second-order valence-corrected chi connectivity index (χ2v) is 4.25. The van der Waals surface area contributed by atoms with Crippen molar-refractivity contribution >= 4 is 0 Å². The molecule has 3 nitrogen and oxygen atoms in total. The zero-order valence-corrected chi connectivity index (χ0v) is 11.6. The number of benzene rings is 1. The van der Waals surface area contributed by atoms with Gasteiger partial charge in [0.2, 0.25) is 0 Å². The quantitative estimate of drug-likeness (QED) is 0.648. The molecule has 0 radical (unpaired) electrons. The number of para-hydroxylation sites is 1. The van der Waals surface area contributed by atoms with E-state index in [0.29, 0.717) is 13.2 Å². The molecule has 3 heteroatoms. The van der Waals surface area contributed by atoms with Crippen LogP contribution < -0.4 is 10.1 Å². The van der Waals surface area contributed by atoms with Gasteiger partial charge >= 0.3 is 0 Å². The largest absolute Gasteiger partial charge is 0.491 e. The molecule has 102 valence electrons. The van der Waals surface area contributed by atoms with Crippen molar-refractivity contribution in [2.75, 3.05) is 26.4 Å². The second-order valence-electron chi connectivity index (χ2n) is 4.25. The fourth-order valence-electron chi connectivity index (χ4n) is 1.65. The lowest BCUT2D eigenvalue weighted by Crippen LogP contribution is -2.15. The number of hydrogen-bond acceptors (Lipinski definition) is 3. The molecule has 0 aliphatic carbocycles. The Hall–Kier alpha value is -1.06. The molecule has 0 bridgehead atoms. The first-order valence-electron chi connectivity index (χ1n) is 6.87. The van der Waals surface area contributed by atoms with Gasteiger partial charge in [0.05, 0.1) is 6.61 Å². The van der Waals surface area contributed by atoms with Crippen molar-refractivity contribution in [3.63, 3.8) is 0 Å². The van der Waals surface area contributed by atoms with Crippen LogP contribution >= 0.6 is 0 Å². The fraction of sp³-hybridized carbons (Fsp3) is 0.600. The van der Waals surface area contributed by atoms with Crippen LogP contribution in [0.5, 0.6) is 5.75 Å². The van der Waals surface area contributed by atoms with E-state index in [1.807, 2.05) is 18.2 Å². The van der Waals surface area contributed by atoms with Crippen LogP contribution in [0.1, 0.15) is 32.3 Å².